The Morgan fingerprint density at radius 2 is 0.897 bits per heavy atom. The van der Waals surface area contributed by atoms with Crippen LogP contribution in [0, 0.1) is 0 Å². The Labute approximate surface area is 181 Å². The van der Waals surface area contributed by atoms with Gasteiger partial charge in [-0.25, -0.2) is 0 Å². The number of rotatable bonds is 18. The highest BCUT2D eigenvalue weighted by atomic mass is 28.4. The van der Waals surface area contributed by atoms with E-state index in [1.807, 2.05) is 27.7 Å². The van der Waals surface area contributed by atoms with E-state index in [0.29, 0.717) is 12.8 Å². The third-order valence-electron chi connectivity index (χ3n) is 5.63. The molecular weight excluding hydrogens is 380 g/mol. The van der Waals surface area contributed by atoms with E-state index in [1.54, 1.807) is 0 Å². The van der Waals surface area contributed by atoms with Gasteiger partial charge in [0.1, 0.15) is 0 Å². The summed E-state index contributed by atoms with van der Waals surface area (Å²) in [4.78, 5) is 25.0. The molecule has 0 unspecified atom stereocenters. The second-order valence-corrected chi connectivity index (χ2v) is 13.2. The molecular formula is C24H48O4Si. The molecule has 0 N–H and O–H groups in total. The lowest BCUT2D eigenvalue weighted by atomic mass is 10.1. The van der Waals surface area contributed by atoms with Crippen LogP contribution < -0.4 is 0 Å². The van der Waals surface area contributed by atoms with Gasteiger partial charge in [-0.3, -0.25) is 9.59 Å². The fourth-order valence-electron chi connectivity index (χ4n) is 3.72. The second kappa shape index (κ2) is 16.9. The molecule has 172 valence electrons. The zero-order valence-corrected chi connectivity index (χ0v) is 21.2. The van der Waals surface area contributed by atoms with Crippen molar-refractivity contribution in [1.29, 1.82) is 0 Å². The van der Waals surface area contributed by atoms with Crippen LogP contribution in [0.15, 0.2) is 0 Å². The molecule has 0 aromatic rings. The first-order valence-corrected chi connectivity index (χ1v) is 14.2. The van der Waals surface area contributed by atoms with Gasteiger partial charge in [0, 0.05) is 23.9 Å². The summed E-state index contributed by atoms with van der Waals surface area (Å²) in [6, 6.07) is 0. The van der Waals surface area contributed by atoms with E-state index in [1.165, 1.54) is 51.4 Å². The molecule has 0 atom stereocenters. The minimum Gasteiger partial charge on any atom is -0.484 e. The molecule has 0 aromatic heterocycles. The Kier molecular flexibility index (Phi) is 16.4. The molecule has 0 radical (unpaired) electrons. The normalized spacial score (nSPS) is 11.9. The second-order valence-electron chi connectivity index (χ2n) is 9.01. The van der Waals surface area contributed by atoms with E-state index in [9.17, 15) is 9.59 Å². The van der Waals surface area contributed by atoms with E-state index in [2.05, 4.69) is 13.8 Å². The predicted molar refractivity (Wildman–Crippen MR) is 124 cm³/mol. The van der Waals surface area contributed by atoms with Crippen molar-refractivity contribution in [2.45, 2.75) is 143 Å². The standard InChI is InChI=1S/C24H48O4Si/c1-7-9-11-13-15-17-19-23(25)27-29(21(3)4,22(5)6)28-24(26)20-18-16-14-12-10-8-2/h21-22H,7-20H2,1-6H3. The van der Waals surface area contributed by atoms with Crippen molar-refractivity contribution < 1.29 is 18.4 Å². The molecule has 0 spiro atoms. The van der Waals surface area contributed by atoms with Gasteiger partial charge in [0.05, 0.1) is 0 Å². The third-order valence-corrected chi connectivity index (χ3v) is 9.94. The van der Waals surface area contributed by atoms with Crippen LogP contribution in [0.25, 0.3) is 0 Å². The monoisotopic (exact) mass is 428 g/mol. The summed E-state index contributed by atoms with van der Waals surface area (Å²) in [6.45, 7) is 12.5. The van der Waals surface area contributed by atoms with Gasteiger partial charge in [-0.05, 0) is 12.8 Å². The summed E-state index contributed by atoms with van der Waals surface area (Å²) in [5.41, 5.74) is 0.0917. The van der Waals surface area contributed by atoms with Crippen LogP contribution in [0.2, 0.25) is 11.1 Å². The summed E-state index contributed by atoms with van der Waals surface area (Å²) in [6.07, 6.45) is 14.5. The van der Waals surface area contributed by atoms with Gasteiger partial charge in [0.25, 0.3) is 11.9 Å². The lowest BCUT2D eigenvalue weighted by Gasteiger charge is -2.35. The summed E-state index contributed by atoms with van der Waals surface area (Å²) in [5, 5.41) is 0. The molecule has 29 heavy (non-hydrogen) atoms. The fourth-order valence-corrected chi connectivity index (χ4v) is 6.95. The molecule has 0 saturated carbocycles. The van der Waals surface area contributed by atoms with Crippen molar-refractivity contribution in [1.82, 2.24) is 0 Å². The molecule has 0 saturated heterocycles. The van der Waals surface area contributed by atoms with Crippen molar-refractivity contribution in [3.05, 3.63) is 0 Å². The van der Waals surface area contributed by atoms with Crippen molar-refractivity contribution in [3.63, 3.8) is 0 Å². The summed E-state index contributed by atoms with van der Waals surface area (Å²) in [5.74, 6) is -0.385. The largest absolute Gasteiger partial charge is 0.484 e. The average Bonchev–Trinajstić information content (AvgIpc) is 2.66. The van der Waals surface area contributed by atoms with E-state index < -0.39 is 8.56 Å². The molecule has 0 rings (SSSR count). The number of unbranched alkanes of at least 4 members (excludes halogenated alkanes) is 10. The minimum absolute atomic E-state index is 0.0458. The average molecular weight is 429 g/mol. The van der Waals surface area contributed by atoms with Crippen LogP contribution in [-0.2, 0) is 18.4 Å². The van der Waals surface area contributed by atoms with E-state index in [-0.39, 0.29) is 23.0 Å². The molecule has 0 bridgehead atoms. The van der Waals surface area contributed by atoms with E-state index in [0.717, 1.165) is 25.7 Å². The Hall–Kier alpha value is -0.843. The molecule has 0 aliphatic rings. The Balaban J connectivity index is 4.57. The van der Waals surface area contributed by atoms with Gasteiger partial charge in [-0.15, -0.1) is 0 Å². The fraction of sp³-hybridized carbons (Fsp3) is 0.917. The van der Waals surface area contributed by atoms with E-state index in [4.69, 9.17) is 8.85 Å². The number of hydrogen-bond acceptors (Lipinski definition) is 4. The lowest BCUT2D eigenvalue weighted by Crippen LogP contribution is -2.51. The van der Waals surface area contributed by atoms with Crippen molar-refractivity contribution >= 4 is 20.5 Å². The first-order chi connectivity index (χ1) is 13.8. The molecule has 0 fully saturated rings. The summed E-state index contributed by atoms with van der Waals surface area (Å²) in [7, 11) is -2.94. The van der Waals surface area contributed by atoms with Crippen LogP contribution in [0.4, 0.5) is 0 Å². The van der Waals surface area contributed by atoms with Crippen molar-refractivity contribution in [2.75, 3.05) is 0 Å². The zero-order valence-electron chi connectivity index (χ0n) is 20.2. The Morgan fingerprint density at radius 1 is 0.586 bits per heavy atom. The summed E-state index contributed by atoms with van der Waals surface area (Å²) >= 11 is 0. The molecule has 0 aliphatic heterocycles. The van der Waals surface area contributed by atoms with Crippen LogP contribution in [0.3, 0.4) is 0 Å². The minimum atomic E-state index is -2.94. The highest BCUT2D eigenvalue weighted by Gasteiger charge is 2.51. The predicted octanol–water partition coefficient (Wildman–Crippen LogP) is 7.84. The van der Waals surface area contributed by atoms with Gasteiger partial charge < -0.3 is 8.85 Å². The highest BCUT2D eigenvalue weighted by molar-refractivity contribution is 6.73. The molecule has 5 heteroatoms. The van der Waals surface area contributed by atoms with Crippen LogP contribution >= 0.6 is 0 Å². The lowest BCUT2D eigenvalue weighted by molar-refractivity contribution is -0.142. The molecule has 0 amide bonds. The maximum Gasteiger partial charge on any atom is 0.469 e. The van der Waals surface area contributed by atoms with Gasteiger partial charge in [-0.2, -0.15) is 0 Å². The Morgan fingerprint density at radius 3 is 1.21 bits per heavy atom. The molecule has 4 nitrogen and oxygen atoms in total. The maximum absolute atomic E-state index is 12.5. The van der Waals surface area contributed by atoms with Gasteiger partial charge in [0.15, 0.2) is 0 Å². The van der Waals surface area contributed by atoms with Gasteiger partial charge in [-0.1, -0.05) is 106 Å². The van der Waals surface area contributed by atoms with Crippen LogP contribution in [0.1, 0.15) is 131 Å². The first kappa shape index (κ1) is 28.2. The summed E-state index contributed by atoms with van der Waals surface area (Å²) < 4.78 is 12.0. The number of carbonyl (C=O) groups is 2. The number of carbonyl (C=O) groups excluding carboxylic acids is 2. The molecule has 0 heterocycles. The Bertz CT molecular complexity index is 395. The topological polar surface area (TPSA) is 52.6 Å². The van der Waals surface area contributed by atoms with Crippen LogP contribution in [-0.4, -0.2) is 20.5 Å². The smallest absolute Gasteiger partial charge is 0.469 e. The first-order valence-electron chi connectivity index (χ1n) is 12.2. The van der Waals surface area contributed by atoms with Gasteiger partial charge in [0.2, 0.25) is 0 Å². The van der Waals surface area contributed by atoms with Crippen molar-refractivity contribution in [3.8, 4) is 0 Å². The molecule has 0 aromatic carbocycles. The van der Waals surface area contributed by atoms with E-state index >= 15 is 0 Å². The zero-order chi connectivity index (χ0) is 22.1. The maximum atomic E-state index is 12.5. The van der Waals surface area contributed by atoms with Crippen molar-refractivity contribution in [2.24, 2.45) is 0 Å². The van der Waals surface area contributed by atoms with Gasteiger partial charge >= 0.3 is 8.56 Å². The SMILES string of the molecule is CCCCCCCCC(=O)O[Si](OC(=O)CCCCCCCC)(C(C)C)C(C)C. The number of hydrogen-bond donors (Lipinski definition) is 0. The third kappa shape index (κ3) is 12.4. The highest BCUT2D eigenvalue weighted by Crippen LogP contribution is 2.35. The quantitative estimate of drug-likeness (QED) is 0.165. The molecule has 0 aliphatic carbocycles. The van der Waals surface area contributed by atoms with Crippen LogP contribution in [0.5, 0.6) is 0 Å².